The number of nitrogens with one attached hydrogen (secondary N) is 1. The molecule has 1 saturated heterocycles. The Balaban J connectivity index is 1.45. The van der Waals surface area contributed by atoms with Crippen LogP contribution in [0.3, 0.4) is 0 Å². The number of rotatable bonds is 3. The van der Waals surface area contributed by atoms with Crippen LogP contribution >= 0.6 is 0 Å². The molecule has 1 amide bonds. The van der Waals surface area contributed by atoms with Gasteiger partial charge in [-0.05, 0) is 50.6 Å². The van der Waals surface area contributed by atoms with Gasteiger partial charge in [0.15, 0.2) is 11.6 Å². The molecule has 1 atom stereocenters. The number of morpholine rings is 1. The standard InChI is InChI=1S/C23H25FN4O3/c1-23(2,3)31-22(29)28-12-13-30-19(14-28)15-4-6-16(7-5-15)20-25-21(27-26-20)17-8-10-18(24)11-9-17/h4-11,19H,12-14H2,1-3H3,(H,25,26,27)/t19-/m1/s1. The summed E-state index contributed by atoms with van der Waals surface area (Å²) >= 11 is 0. The van der Waals surface area contributed by atoms with E-state index >= 15 is 0 Å². The minimum absolute atomic E-state index is 0.222. The van der Waals surface area contributed by atoms with Crippen molar-refractivity contribution in [3.63, 3.8) is 0 Å². The fraction of sp³-hybridized carbons (Fsp3) is 0.348. The van der Waals surface area contributed by atoms with Gasteiger partial charge < -0.3 is 14.4 Å². The van der Waals surface area contributed by atoms with Gasteiger partial charge in [-0.25, -0.2) is 14.2 Å². The van der Waals surface area contributed by atoms with Gasteiger partial charge in [0.1, 0.15) is 17.5 Å². The van der Waals surface area contributed by atoms with Gasteiger partial charge in [-0.2, -0.15) is 5.10 Å². The van der Waals surface area contributed by atoms with Crippen LogP contribution in [0.2, 0.25) is 0 Å². The Labute approximate surface area is 180 Å². The molecular formula is C23H25FN4O3. The SMILES string of the molecule is CC(C)(C)OC(=O)N1CCO[C@@H](c2ccc(-c3nc(-c4ccc(F)cc4)n[nH]3)cc2)C1. The molecule has 162 valence electrons. The van der Waals surface area contributed by atoms with Crippen LogP contribution in [0.4, 0.5) is 9.18 Å². The second-order valence-electron chi connectivity index (χ2n) is 8.42. The molecule has 2 aromatic carbocycles. The van der Waals surface area contributed by atoms with Crippen LogP contribution in [0.5, 0.6) is 0 Å². The third-order valence-corrected chi connectivity index (χ3v) is 4.86. The highest BCUT2D eigenvalue weighted by molar-refractivity contribution is 5.68. The van der Waals surface area contributed by atoms with Crippen molar-refractivity contribution in [1.29, 1.82) is 0 Å². The molecule has 4 rings (SSSR count). The largest absolute Gasteiger partial charge is 0.444 e. The minimum Gasteiger partial charge on any atom is -0.444 e. The lowest BCUT2D eigenvalue weighted by Crippen LogP contribution is -2.44. The van der Waals surface area contributed by atoms with E-state index in [2.05, 4.69) is 15.2 Å². The predicted molar refractivity (Wildman–Crippen MR) is 114 cm³/mol. The van der Waals surface area contributed by atoms with Crippen molar-refractivity contribution in [2.24, 2.45) is 0 Å². The van der Waals surface area contributed by atoms with E-state index in [1.165, 1.54) is 12.1 Å². The van der Waals surface area contributed by atoms with Crippen molar-refractivity contribution >= 4 is 6.09 Å². The summed E-state index contributed by atoms with van der Waals surface area (Å²) in [6, 6.07) is 13.8. The van der Waals surface area contributed by atoms with E-state index in [0.717, 1.165) is 16.7 Å². The number of nitrogens with zero attached hydrogens (tertiary/aromatic N) is 3. The number of H-pyrrole nitrogens is 1. The van der Waals surface area contributed by atoms with E-state index in [4.69, 9.17) is 9.47 Å². The van der Waals surface area contributed by atoms with E-state index < -0.39 is 5.60 Å². The topological polar surface area (TPSA) is 80.3 Å². The van der Waals surface area contributed by atoms with Crippen LogP contribution in [0.15, 0.2) is 48.5 Å². The number of amides is 1. The lowest BCUT2D eigenvalue weighted by Gasteiger charge is -2.34. The Morgan fingerprint density at radius 1 is 1.13 bits per heavy atom. The maximum atomic E-state index is 13.1. The number of carbonyl (C=O) groups is 1. The van der Waals surface area contributed by atoms with Crippen LogP contribution in [0, 0.1) is 5.82 Å². The lowest BCUT2D eigenvalue weighted by atomic mass is 10.1. The zero-order valence-corrected chi connectivity index (χ0v) is 17.8. The molecule has 3 aromatic rings. The van der Waals surface area contributed by atoms with E-state index in [1.54, 1.807) is 17.0 Å². The molecule has 1 N–H and O–H groups in total. The summed E-state index contributed by atoms with van der Waals surface area (Å²) < 4.78 is 24.5. The minimum atomic E-state index is -0.531. The Morgan fingerprint density at radius 3 is 2.48 bits per heavy atom. The first kappa shape index (κ1) is 21.0. The molecule has 7 nitrogen and oxygen atoms in total. The second-order valence-corrected chi connectivity index (χ2v) is 8.42. The van der Waals surface area contributed by atoms with E-state index in [-0.39, 0.29) is 18.0 Å². The van der Waals surface area contributed by atoms with Crippen LogP contribution in [-0.4, -0.2) is 51.5 Å². The molecule has 0 radical (unpaired) electrons. The molecular weight excluding hydrogens is 399 g/mol. The molecule has 1 aromatic heterocycles. The van der Waals surface area contributed by atoms with Crippen molar-refractivity contribution in [2.45, 2.75) is 32.5 Å². The molecule has 31 heavy (non-hydrogen) atoms. The first-order valence-corrected chi connectivity index (χ1v) is 10.2. The van der Waals surface area contributed by atoms with Crippen molar-refractivity contribution in [3.05, 3.63) is 59.9 Å². The maximum Gasteiger partial charge on any atom is 0.410 e. The fourth-order valence-electron chi connectivity index (χ4n) is 3.32. The molecule has 0 unspecified atom stereocenters. The predicted octanol–water partition coefficient (Wildman–Crippen LogP) is 4.59. The quantitative estimate of drug-likeness (QED) is 0.665. The Kier molecular flexibility index (Phi) is 5.73. The average Bonchev–Trinajstić information content (AvgIpc) is 3.23. The summed E-state index contributed by atoms with van der Waals surface area (Å²) in [5, 5.41) is 7.14. The number of hydrogen-bond donors (Lipinski definition) is 1. The average molecular weight is 424 g/mol. The number of aromatic amines is 1. The Morgan fingerprint density at radius 2 is 1.81 bits per heavy atom. The third kappa shape index (κ3) is 5.08. The Hall–Kier alpha value is -3.26. The number of aromatic nitrogens is 3. The van der Waals surface area contributed by atoms with Gasteiger partial charge in [0, 0.05) is 17.7 Å². The molecule has 0 aliphatic carbocycles. The third-order valence-electron chi connectivity index (χ3n) is 4.86. The molecule has 1 fully saturated rings. The van der Waals surface area contributed by atoms with Crippen LogP contribution in [0.25, 0.3) is 22.8 Å². The van der Waals surface area contributed by atoms with Crippen LogP contribution < -0.4 is 0 Å². The maximum absolute atomic E-state index is 13.1. The summed E-state index contributed by atoms with van der Waals surface area (Å²) in [6.07, 6.45) is -0.549. The van der Waals surface area contributed by atoms with Gasteiger partial charge in [-0.15, -0.1) is 0 Å². The highest BCUT2D eigenvalue weighted by Crippen LogP contribution is 2.26. The van der Waals surface area contributed by atoms with Gasteiger partial charge in [-0.3, -0.25) is 5.10 Å². The van der Waals surface area contributed by atoms with Gasteiger partial charge in [0.2, 0.25) is 0 Å². The second kappa shape index (κ2) is 8.47. The molecule has 2 heterocycles. The zero-order valence-electron chi connectivity index (χ0n) is 17.8. The highest BCUT2D eigenvalue weighted by atomic mass is 19.1. The smallest absolute Gasteiger partial charge is 0.410 e. The first-order valence-electron chi connectivity index (χ1n) is 10.2. The first-order chi connectivity index (χ1) is 14.8. The van der Waals surface area contributed by atoms with Crippen molar-refractivity contribution in [2.75, 3.05) is 19.7 Å². The summed E-state index contributed by atoms with van der Waals surface area (Å²) in [5.74, 6) is 0.818. The van der Waals surface area contributed by atoms with Crippen LogP contribution in [0.1, 0.15) is 32.4 Å². The monoisotopic (exact) mass is 424 g/mol. The Bertz CT molecular complexity index is 1040. The van der Waals surface area contributed by atoms with E-state index in [0.29, 0.717) is 31.3 Å². The van der Waals surface area contributed by atoms with Crippen molar-refractivity contribution in [1.82, 2.24) is 20.1 Å². The molecule has 0 bridgehead atoms. The van der Waals surface area contributed by atoms with Crippen molar-refractivity contribution in [3.8, 4) is 22.8 Å². The normalized spacial score (nSPS) is 16.9. The van der Waals surface area contributed by atoms with Gasteiger partial charge in [-0.1, -0.05) is 24.3 Å². The van der Waals surface area contributed by atoms with Gasteiger partial charge >= 0.3 is 6.09 Å². The van der Waals surface area contributed by atoms with Crippen molar-refractivity contribution < 1.29 is 18.7 Å². The van der Waals surface area contributed by atoms with E-state index in [9.17, 15) is 9.18 Å². The number of benzene rings is 2. The summed E-state index contributed by atoms with van der Waals surface area (Å²) in [5.41, 5.74) is 2.04. The number of ether oxygens (including phenoxy) is 2. The molecule has 8 heteroatoms. The summed E-state index contributed by atoms with van der Waals surface area (Å²) in [6.45, 7) is 6.96. The zero-order chi connectivity index (χ0) is 22.0. The molecule has 1 aliphatic rings. The van der Waals surface area contributed by atoms with Crippen LogP contribution in [-0.2, 0) is 9.47 Å². The van der Waals surface area contributed by atoms with Gasteiger partial charge in [0.25, 0.3) is 0 Å². The summed E-state index contributed by atoms with van der Waals surface area (Å²) in [4.78, 5) is 18.6. The lowest BCUT2D eigenvalue weighted by molar-refractivity contribution is -0.0432. The summed E-state index contributed by atoms with van der Waals surface area (Å²) in [7, 11) is 0. The number of hydrogen-bond acceptors (Lipinski definition) is 5. The molecule has 1 aliphatic heterocycles. The number of carbonyl (C=O) groups excluding carboxylic acids is 1. The molecule has 0 spiro atoms. The molecule has 0 saturated carbocycles. The fourth-order valence-corrected chi connectivity index (χ4v) is 3.32. The van der Waals surface area contributed by atoms with E-state index in [1.807, 2.05) is 45.0 Å². The number of halogens is 1. The highest BCUT2D eigenvalue weighted by Gasteiger charge is 2.29. The van der Waals surface area contributed by atoms with Gasteiger partial charge in [0.05, 0.1) is 13.2 Å².